The molecule has 0 spiro atoms. The first-order valence-electron chi connectivity index (χ1n) is 6.31. The highest BCUT2D eigenvalue weighted by Crippen LogP contribution is 2.24. The van der Waals surface area contributed by atoms with E-state index in [-0.39, 0.29) is 18.2 Å². The number of hydrogen-bond donors (Lipinski definition) is 0. The van der Waals surface area contributed by atoms with Gasteiger partial charge in [0.25, 0.3) is 0 Å². The maximum absolute atomic E-state index is 11.8. The van der Waals surface area contributed by atoms with Gasteiger partial charge in [0.15, 0.2) is 5.78 Å². The molecule has 0 aliphatic heterocycles. The van der Waals surface area contributed by atoms with Crippen LogP contribution in [0, 0.1) is 6.92 Å². The van der Waals surface area contributed by atoms with E-state index in [1.54, 1.807) is 6.92 Å². The number of esters is 1. The molecule has 2 aromatic rings. The molecule has 4 nitrogen and oxygen atoms in total. The fourth-order valence-corrected chi connectivity index (χ4v) is 2.41. The number of ketones is 1. The molecular formula is C15H17NO3. The largest absolute Gasteiger partial charge is 0.466 e. The van der Waals surface area contributed by atoms with E-state index >= 15 is 0 Å². The van der Waals surface area contributed by atoms with Gasteiger partial charge in [-0.2, -0.15) is 0 Å². The first-order chi connectivity index (χ1) is 9.06. The Balaban J connectivity index is 2.57. The maximum atomic E-state index is 11.8. The van der Waals surface area contributed by atoms with Gasteiger partial charge in [-0.25, -0.2) is 0 Å². The minimum atomic E-state index is -0.267. The summed E-state index contributed by atoms with van der Waals surface area (Å²) in [4.78, 5) is 23.4. The molecule has 0 N–H and O–H groups in total. The molecule has 0 bridgehead atoms. The Bertz CT molecular complexity index is 640. The lowest BCUT2D eigenvalue weighted by Gasteiger charge is -2.02. The monoisotopic (exact) mass is 259 g/mol. The second-order valence-electron chi connectivity index (χ2n) is 4.45. The van der Waals surface area contributed by atoms with Crippen LogP contribution in [0.1, 0.15) is 35.5 Å². The number of carbonyl (C=O) groups is 2. The van der Waals surface area contributed by atoms with Crippen molar-refractivity contribution in [2.24, 2.45) is 0 Å². The van der Waals surface area contributed by atoms with Crippen LogP contribution < -0.4 is 0 Å². The zero-order valence-electron chi connectivity index (χ0n) is 11.4. The van der Waals surface area contributed by atoms with Crippen molar-refractivity contribution in [1.29, 1.82) is 0 Å². The van der Waals surface area contributed by atoms with Gasteiger partial charge in [0, 0.05) is 18.6 Å². The third kappa shape index (κ3) is 2.38. The van der Waals surface area contributed by atoms with E-state index in [0.29, 0.717) is 12.3 Å². The molecule has 19 heavy (non-hydrogen) atoms. The Morgan fingerprint density at radius 1 is 1.32 bits per heavy atom. The second-order valence-corrected chi connectivity index (χ2v) is 4.45. The molecule has 0 aliphatic rings. The van der Waals surface area contributed by atoms with Crippen molar-refractivity contribution in [3.05, 3.63) is 41.2 Å². The molecule has 0 aliphatic carbocycles. The lowest BCUT2D eigenvalue weighted by molar-refractivity contribution is -0.142. The lowest BCUT2D eigenvalue weighted by Crippen LogP contribution is -2.08. The molecule has 2 rings (SSSR count). The molecular weight excluding hydrogens is 242 g/mol. The molecule has 2 heterocycles. The van der Waals surface area contributed by atoms with Gasteiger partial charge < -0.3 is 9.14 Å². The van der Waals surface area contributed by atoms with Crippen molar-refractivity contribution in [3.8, 4) is 0 Å². The Morgan fingerprint density at radius 2 is 2.05 bits per heavy atom. The Hall–Kier alpha value is -2.10. The highest BCUT2D eigenvalue weighted by Gasteiger charge is 2.19. The number of fused-ring (bicyclic) bond motifs is 1. The second kappa shape index (κ2) is 5.26. The fourth-order valence-electron chi connectivity index (χ4n) is 2.41. The van der Waals surface area contributed by atoms with Crippen LogP contribution in [-0.4, -0.2) is 22.8 Å². The van der Waals surface area contributed by atoms with Gasteiger partial charge in [0.05, 0.1) is 18.7 Å². The molecule has 0 unspecified atom stereocenters. The van der Waals surface area contributed by atoms with E-state index < -0.39 is 0 Å². The summed E-state index contributed by atoms with van der Waals surface area (Å²) in [7, 11) is 0. The molecule has 2 aromatic heterocycles. The zero-order valence-corrected chi connectivity index (χ0v) is 11.4. The average Bonchev–Trinajstić information content (AvgIpc) is 2.63. The molecule has 100 valence electrons. The number of Topliss-reactive ketones (excluding diaryl/α,β-unsaturated/α-hetero) is 1. The first-order valence-corrected chi connectivity index (χ1v) is 6.31. The molecule has 0 radical (unpaired) electrons. The van der Waals surface area contributed by atoms with Crippen molar-refractivity contribution in [3.63, 3.8) is 0 Å². The smallest absolute Gasteiger partial charge is 0.310 e. The van der Waals surface area contributed by atoms with Gasteiger partial charge in [0.2, 0.25) is 0 Å². The predicted molar refractivity (Wildman–Crippen MR) is 72.5 cm³/mol. The molecule has 0 fully saturated rings. The van der Waals surface area contributed by atoms with Crippen LogP contribution in [0.4, 0.5) is 0 Å². The number of carbonyl (C=O) groups excluding carboxylic acids is 2. The van der Waals surface area contributed by atoms with Crippen molar-refractivity contribution in [2.45, 2.75) is 27.2 Å². The van der Waals surface area contributed by atoms with Gasteiger partial charge in [0.1, 0.15) is 0 Å². The molecule has 0 saturated heterocycles. The van der Waals surface area contributed by atoms with Gasteiger partial charge in [-0.15, -0.1) is 0 Å². The zero-order chi connectivity index (χ0) is 14.0. The van der Waals surface area contributed by atoms with Crippen LogP contribution in [0.5, 0.6) is 0 Å². The van der Waals surface area contributed by atoms with Crippen LogP contribution in [0.15, 0.2) is 24.4 Å². The maximum Gasteiger partial charge on any atom is 0.310 e. The van der Waals surface area contributed by atoms with Gasteiger partial charge >= 0.3 is 5.97 Å². The summed E-state index contributed by atoms with van der Waals surface area (Å²) in [6, 6.07) is 5.67. The highest BCUT2D eigenvalue weighted by molar-refractivity contribution is 5.97. The van der Waals surface area contributed by atoms with Crippen LogP contribution in [0.3, 0.4) is 0 Å². The van der Waals surface area contributed by atoms with Crippen LogP contribution in [0.25, 0.3) is 5.52 Å². The average molecular weight is 259 g/mol. The minimum absolute atomic E-state index is 0.00573. The number of rotatable bonds is 4. The Kier molecular flexibility index (Phi) is 3.69. The topological polar surface area (TPSA) is 47.8 Å². The number of pyridine rings is 1. The predicted octanol–water partition coefficient (Wildman–Crippen LogP) is 2.56. The van der Waals surface area contributed by atoms with Crippen molar-refractivity contribution in [2.75, 3.05) is 6.61 Å². The number of nitrogens with zero attached hydrogens (tertiary/aromatic N) is 1. The van der Waals surface area contributed by atoms with Crippen LogP contribution in [-0.2, 0) is 16.0 Å². The first kappa shape index (κ1) is 13.3. The van der Waals surface area contributed by atoms with Crippen LogP contribution in [0.2, 0.25) is 0 Å². The fraction of sp³-hybridized carbons (Fsp3) is 0.333. The van der Waals surface area contributed by atoms with Crippen molar-refractivity contribution < 1.29 is 14.3 Å². The van der Waals surface area contributed by atoms with Crippen molar-refractivity contribution in [1.82, 2.24) is 4.40 Å². The van der Waals surface area contributed by atoms with E-state index in [0.717, 1.165) is 16.6 Å². The van der Waals surface area contributed by atoms with E-state index in [2.05, 4.69) is 0 Å². The van der Waals surface area contributed by atoms with E-state index in [1.807, 2.05) is 35.7 Å². The Morgan fingerprint density at radius 3 is 2.68 bits per heavy atom. The summed E-state index contributed by atoms with van der Waals surface area (Å²) in [5, 5.41) is 0. The summed E-state index contributed by atoms with van der Waals surface area (Å²) in [5.41, 5.74) is 3.24. The quantitative estimate of drug-likeness (QED) is 0.626. The van der Waals surface area contributed by atoms with Gasteiger partial charge in [-0.3, -0.25) is 9.59 Å². The van der Waals surface area contributed by atoms with Crippen LogP contribution >= 0.6 is 0 Å². The standard InChI is InChI=1S/C15H17NO3/c1-4-19-14(18)9-12-10(2)15(11(3)17)16-8-6-5-7-13(12)16/h5-8H,4,9H2,1-3H3. The minimum Gasteiger partial charge on any atom is -0.466 e. The summed E-state index contributed by atoms with van der Waals surface area (Å²) >= 11 is 0. The van der Waals surface area contributed by atoms with Gasteiger partial charge in [-0.1, -0.05) is 6.07 Å². The van der Waals surface area contributed by atoms with Gasteiger partial charge in [-0.05, 0) is 37.1 Å². The third-order valence-corrected chi connectivity index (χ3v) is 3.18. The molecule has 0 saturated carbocycles. The summed E-state index contributed by atoms with van der Waals surface area (Å²) in [5.74, 6) is -0.272. The van der Waals surface area contributed by atoms with E-state index in [4.69, 9.17) is 4.74 Å². The molecule has 0 atom stereocenters. The SMILES string of the molecule is CCOC(=O)Cc1c(C)c(C(C)=O)n2ccccc12. The summed E-state index contributed by atoms with van der Waals surface area (Å²) in [6.07, 6.45) is 2.04. The molecule has 0 aromatic carbocycles. The molecule has 0 amide bonds. The molecule has 4 heteroatoms. The number of hydrogen-bond acceptors (Lipinski definition) is 3. The summed E-state index contributed by atoms with van der Waals surface area (Å²) < 4.78 is 6.83. The van der Waals surface area contributed by atoms with E-state index in [9.17, 15) is 9.59 Å². The van der Waals surface area contributed by atoms with E-state index in [1.165, 1.54) is 6.92 Å². The number of ether oxygens (including phenoxy) is 1. The number of aromatic nitrogens is 1. The summed E-state index contributed by atoms with van der Waals surface area (Å²) in [6.45, 7) is 5.56. The van der Waals surface area contributed by atoms with Crippen molar-refractivity contribution >= 4 is 17.3 Å². The highest BCUT2D eigenvalue weighted by atomic mass is 16.5. The Labute approximate surface area is 112 Å². The normalized spacial score (nSPS) is 10.7. The lowest BCUT2D eigenvalue weighted by atomic mass is 10.1. The third-order valence-electron chi connectivity index (χ3n) is 3.18.